The average molecular weight is 381 g/mol. The lowest BCUT2D eigenvalue weighted by molar-refractivity contribution is 0.102. The van der Waals surface area contributed by atoms with Crippen LogP contribution in [0.5, 0.6) is 0 Å². The summed E-state index contributed by atoms with van der Waals surface area (Å²) in [6, 6.07) is 12.8. The summed E-state index contributed by atoms with van der Waals surface area (Å²) in [7, 11) is 0. The molecule has 0 unspecified atom stereocenters. The predicted octanol–water partition coefficient (Wildman–Crippen LogP) is 4.97. The maximum absolute atomic E-state index is 12.7. The van der Waals surface area contributed by atoms with Gasteiger partial charge in [-0.25, -0.2) is 4.98 Å². The zero-order valence-corrected chi connectivity index (χ0v) is 15.3. The van der Waals surface area contributed by atoms with Crippen LogP contribution >= 0.6 is 22.9 Å². The monoisotopic (exact) mass is 380 g/mol. The molecule has 0 bridgehead atoms. The first-order valence-corrected chi connectivity index (χ1v) is 9.11. The highest BCUT2D eigenvalue weighted by Gasteiger charge is 2.14. The number of benzene rings is 1. The van der Waals surface area contributed by atoms with Crippen molar-refractivity contribution in [2.75, 3.05) is 5.32 Å². The summed E-state index contributed by atoms with van der Waals surface area (Å²) in [5.41, 5.74) is 3.44. The standard InChI is InChI=1S/C19H13ClN4OS/c1-11-14(9-12-8-13(20)5-6-15(12)22-11)18(25)24-19-23-17(10-26-19)16-4-2-3-7-21-16/h2-10H,1H3,(H,23,24,25). The van der Waals surface area contributed by atoms with Crippen molar-refractivity contribution in [3.05, 3.63) is 70.3 Å². The van der Waals surface area contributed by atoms with E-state index in [9.17, 15) is 4.79 Å². The minimum absolute atomic E-state index is 0.251. The number of pyridine rings is 2. The highest BCUT2D eigenvalue weighted by atomic mass is 35.5. The Hall–Kier alpha value is -2.83. The summed E-state index contributed by atoms with van der Waals surface area (Å²) in [5.74, 6) is -0.251. The van der Waals surface area contributed by atoms with Crippen molar-refractivity contribution in [1.29, 1.82) is 0 Å². The van der Waals surface area contributed by atoms with E-state index in [4.69, 9.17) is 11.6 Å². The molecule has 1 N–H and O–H groups in total. The molecule has 0 aliphatic rings. The summed E-state index contributed by atoms with van der Waals surface area (Å²) >= 11 is 7.39. The van der Waals surface area contributed by atoms with Crippen LogP contribution in [0.25, 0.3) is 22.3 Å². The van der Waals surface area contributed by atoms with Crippen LogP contribution < -0.4 is 5.32 Å². The molecule has 0 saturated heterocycles. The zero-order chi connectivity index (χ0) is 18.1. The second-order valence-electron chi connectivity index (χ2n) is 5.67. The van der Waals surface area contributed by atoms with E-state index in [1.165, 1.54) is 11.3 Å². The van der Waals surface area contributed by atoms with Gasteiger partial charge in [0.15, 0.2) is 5.13 Å². The van der Waals surface area contributed by atoms with Crippen LogP contribution in [0.4, 0.5) is 5.13 Å². The average Bonchev–Trinajstić information content (AvgIpc) is 3.10. The quantitative estimate of drug-likeness (QED) is 0.545. The third-order valence-corrected chi connectivity index (χ3v) is 4.86. The number of carbonyl (C=O) groups is 1. The maximum Gasteiger partial charge on any atom is 0.259 e. The number of halogens is 1. The minimum Gasteiger partial charge on any atom is -0.298 e. The molecule has 0 radical (unpaired) electrons. The molecule has 3 aromatic heterocycles. The van der Waals surface area contributed by atoms with Gasteiger partial charge < -0.3 is 0 Å². The fourth-order valence-electron chi connectivity index (χ4n) is 2.60. The molecule has 3 heterocycles. The maximum atomic E-state index is 12.7. The Morgan fingerprint density at radius 2 is 2.00 bits per heavy atom. The van der Waals surface area contributed by atoms with Gasteiger partial charge in [0, 0.05) is 22.0 Å². The Balaban J connectivity index is 1.61. The number of thiazole rings is 1. The lowest BCUT2D eigenvalue weighted by Crippen LogP contribution is -2.14. The number of amides is 1. The van der Waals surface area contributed by atoms with Crippen molar-refractivity contribution < 1.29 is 4.79 Å². The molecule has 7 heteroatoms. The smallest absolute Gasteiger partial charge is 0.259 e. The molecular formula is C19H13ClN4OS. The first kappa shape index (κ1) is 16.6. The largest absolute Gasteiger partial charge is 0.298 e. The van der Waals surface area contributed by atoms with Crippen LogP contribution in [-0.4, -0.2) is 20.9 Å². The zero-order valence-electron chi connectivity index (χ0n) is 13.7. The molecule has 0 atom stereocenters. The van der Waals surface area contributed by atoms with Gasteiger partial charge in [0.1, 0.15) is 5.69 Å². The topological polar surface area (TPSA) is 67.8 Å². The van der Waals surface area contributed by atoms with Crippen LogP contribution in [0.2, 0.25) is 5.02 Å². The molecular weight excluding hydrogens is 368 g/mol. The summed E-state index contributed by atoms with van der Waals surface area (Å²) in [4.78, 5) is 25.9. The van der Waals surface area contributed by atoms with Gasteiger partial charge in [-0.15, -0.1) is 11.3 Å². The van der Waals surface area contributed by atoms with Crippen molar-refractivity contribution in [3.8, 4) is 11.4 Å². The second-order valence-corrected chi connectivity index (χ2v) is 6.96. The fourth-order valence-corrected chi connectivity index (χ4v) is 3.48. The minimum atomic E-state index is -0.251. The Kier molecular flexibility index (Phi) is 4.36. The molecule has 0 aliphatic heterocycles. The van der Waals surface area contributed by atoms with E-state index < -0.39 is 0 Å². The van der Waals surface area contributed by atoms with E-state index >= 15 is 0 Å². The van der Waals surface area contributed by atoms with E-state index in [0.29, 0.717) is 21.4 Å². The van der Waals surface area contributed by atoms with Crippen LogP contribution in [0.15, 0.2) is 54.0 Å². The molecule has 0 saturated carbocycles. The summed E-state index contributed by atoms with van der Waals surface area (Å²) in [6.45, 7) is 1.81. The van der Waals surface area contributed by atoms with E-state index in [2.05, 4.69) is 20.3 Å². The molecule has 0 aliphatic carbocycles. The lowest BCUT2D eigenvalue weighted by Gasteiger charge is -2.07. The predicted molar refractivity (Wildman–Crippen MR) is 105 cm³/mol. The van der Waals surface area contributed by atoms with Crippen LogP contribution in [0.1, 0.15) is 16.1 Å². The molecule has 1 aromatic carbocycles. The number of hydrogen-bond donors (Lipinski definition) is 1. The molecule has 5 nitrogen and oxygen atoms in total. The molecule has 26 heavy (non-hydrogen) atoms. The Bertz CT molecular complexity index is 1110. The Morgan fingerprint density at radius 3 is 2.81 bits per heavy atom. The van der Waals surface area contributed by atoms with Gasteiger partial charge in [0.25, 0.3) is 5.91 Å². The fraction of sp³-hybridized carbons (Fsp3) is 0.0526. The number of aryl methyl sites for hydroxylation is 1. The van der Waals surface area contributed by atoms with Crippen LogP contribution in [0.3, 0.4) is 0 Å². The van der Waals surface area contributed by atoms with E-state index in [-0.39, 0.29) is 5.91 Å². The third-order valence-electron chi connectivity index (χ3n) is 3.86. The second kappa shape index (κ2) is 6.82. The molecule has 0 fully saturated rings. The number of hydrogen-bond acceptors (Lipinski definition) is 5. The van der Waals surface area contributed by atoms with Gasteiger partial charge in [-0.3, -0.25) is 20.1 Å². The van der Waals surface area contributed by atoms with Gasteiger partial charge in [-0.05, 0) is 43.3 Å². The summed E-state index contributed by atoms with van der Waals surface area (Å²) < 4.78 is 0. The van der Waals surface area contributed by atoms with Crippen molar-refractivity contribution in [2.45, 2.75) is 6.92 Å². The van der Waals surface area contributed by atoms with Gasteiger partial charge in [0.05, 0.1) is 22.5 Å². The highest BCUT2D eigenvalue weighted by molar-refractivity contribution is 7.14. The molecule has 0 spiro atoms. The van der Waals surface area contributed by atoms with E-state index in [0.717, 1.165) is 22.3 Å². The van der Waals surface area contributed by atoms with Crippen molar-refractivity contribution in [3.63, 3.8) is 0 Å². The highest BCUT2D eigenvalue weighted by Crippen LogP contribution is 2.25. The lowest BCUT2D eigenvalue weighted by atomic mass is 10.1. The third kappa shape index (κ3) is 3.29. The van der Waals surface area contributed by atoms with E-state index in [1.54, 1.807) is 24.4 Å². The van der Waals surface area contributed by atoms with Crippen molar-refractivity contribution in [2.24, 2.45) is 0 Å². The number of fused-ring (bicyclic) bond motifs is 1. The van der Waals surface area contributed by atoms with E-state index in [1.807, 2.05) is 36.6 Å². The first-order valence-electron chi connectivity index (χ1n) is 7.85. The van der Waals surface area contributed by atoms with Gasteiger partial charge in [-0.1, -0.05) is 17.7 Å². The number of carbonyl (C=O) groups excluding carboxylic acids is 1. The SMILES string of the molecule is Cc1nc2ccc(Cl)cc2cc1C(=O)Nc1nc(-c2ccccn2)cs1. The Labute approximate surface area is 158 Å². The van der Waals surface area contributed by atoms with Gasteiger partial charge in [0.2, 0.25) is 0 Å². The molecule has 4 aromatic rings. The number of nitrogens with zero attached hydrogens (tertiary/aromatic N) is 3. The summed E-state index contributed by atoms with van der Waals surface area (Å²) in [5, 5.41) is 6.64. The summed E-state index contributed by atoms with van der Waals surface area (Å²) in [6.07, 6.45) is 1.71. The number of aromatic nitrogens is 3. The number of rotatable bonds is 3. The normalized spacial score (nSPS) is 10.8. The van der Waals surface area contributed by atoms with Crippen LogP contribution in [0, 0.1) is 6.92 Å². The molecule has 1 amide bonds. The molecule has 4 rings (SSSR count). The van der Waals surface area contributed by atoms with Gasteiger partial charge >= 0.3 is 0 Å². The number of anilines is 1. The number of nitrogens with one attached hydrogen (secondary N) is 1. The van der Waals surface area contributed by atoms with Crippen molar-refractivity contribution >= 4 is 44.9 Å². The van der Waals surface area contributed by atoms with Crippen LogP contribution in [-0.2, 0) is 0 Å². The first-order chi connectivity index (χ1) is 12.6. The molecule has 128 valence electrons. The van der Waals surface area contributed by atoms with Gasteiger partial charge in [-0.2, -0.15) is 0 Å². The van der Waals surface area contributed by atoms with Crippen molar-refractivity contribution in [1.82, 2.24) is 15.0 Å². The Morgan fingerprint density at radius 1 is 1.12 bits per heavy atom.